The number of hydrogen-bond acceptors (Lipinski definition) is 3. The van der Waals surface area contributed by atoms with Crippen molar-refractivity contribution >= 4 is 29.4 Å². The van der Waals surface area contributed by atoms with Crippen molar-refractivity contribution in [2.75, 3.05) is 0 Å². The molecule has 70 valence electrons. The minimum absolute atomic E-state index is 0.122. The molecule has 0 saturated carbocycles. The van der Waals surface area contributed by atoms with Crippen molar-refractivity contribution in [3.63, 3.8) is 0 Å². The van der Waals surface area contributed by atoms with Gasteiger partial charge in [0.2, 0.25) is 0 Å². The molecule has 0 atom stereocenters. The van der Waals surface area contributed by atoms with Crippen LogP contribution in [0.2, 0.25) is 10.0 Å². The molecule has 0 amide bonds. The zero-order valence-electron chi connectivity index (χ0n) is 6.12. The summed E-state index contributed by atoms with van der Waals surface area (Å²) in [5.74, 6) is -0.738. The summed E-state index contributed by atoms with van der Waals surface area (Å²) >= 11 is 11.0. The van der Waals surface area contributed by atoms with Gasteiger partial charge >= 0.3 is 6.16 Å². The van der Waals surface area contributed by atoms with E-state index in [4.69, 9.17) is 28.3 Å². The number of hydrogen-bond donors (Lipinski definition) is 2. The van der Waals surface area contributed by atoms with Crippen LogP contribution < -0.4 is 4.74 Å². The molecule has 0 spiro atoms. The van der Waals surface area contributed by atoms with E-state index < -0.39 is 11.9 Å². The fourth-order valence-corrected chi connectivity index (χ4v) is 1.01. The van der Waals surface area contributed by atoms with Crippen molar-refractivity contribution in [1.82, 2.24) is 0 Å². The minimum atomic E-state index is -1.53. The van der Waals surface area contributed by atoms with E-state index in [1.54, 1.807) is 0 Å². The summed E-state index contributed by atoms with van der Waals surface area (Å²) in [4.78, 5) is 10.1. The molecule has 0 bridgehead atoms. The highest BCUT2D eigenvalue weighted by atomic mass is 35.5. The third-order valence-corrected chi connectivity index (χ3v) is 2.02. The van der Waals surface area contributed by atoms with Gasteiger partial charge in [0.15, 0.2) is 11.5 Å². The van der Waals surface area contributed by atoms with Crippen LogP contribution in [-0.4, -0.2) is 16.4 Å². The zero-order valence-corrected chi connectivity index (χ0v) is 7.63. The topological polar surface area (TPSA) is 66.8 Å². The Bertz CT molecular complexity index is 351. The van der Waals surface area contributed by atoms with E-state index in [1.807, 2.05) is 0 Å². The van der Waals surface area contributed by atoms with Gasteiger partial charge < -0.3 is 14.9 Å². The van der Waals surface area contributed by atoms with Gasteiger partial charge in [0.25, 0.3) is 0 Å². The fourth-order valence-electron chi connectivity index (χ4n) is 0.699. The average Bonchev–Trinajstić information content (AvgIpc) is 2.06. The Kier molecular flexibility index (Phi) is 2.85. The van der Waals surface area contributed by atoms with E-state index in [-0.39, 0.29) is 15.8 Å². The van der Waals surface area contributed by atoms with Crippen LogP contribution in [0.1, 0.15) is 0 Å². The highest BCUT2D eigenvalue weighted by molar-refractivity contribution is 6.43. The first-order valence-electron chi connectivity index (χ1n) is 3.10. The monoisotopic (exact) mass is 222 g/mol. The molecule has 0 aliphatic carbocycles. The summed E-state index contributed by atoms with van der Waals surface area (Å²) in [5.41, 5.74) is 0. The van der Waals surface area contributed by atoms with Crippen LogP contribution in [0.3, 0.4) is 0 Å². The lowest BCUT2D eigenvalue weighted by atomic mass is 10.3. The lowest BCUT2D eigenvalue weighted by Gasteiger charge is -2.04. The van der Waals surface area contributed by atoms with E-state index in [2.05, 4.69) is 4.74 Å². The molecule has 6 heteroatoms. The molecule has 1 aromatic carbocycles. The highest BCUT2D eigenvalue weighted by Crippen LogP contribution is 2.38. The van der Waals surface area contributed by atoms with Gasteiger partial charge in [-0.05, 0) is 12.1 Å². The molecule has 0 aliphatic heterocycles. The van der Waals surface area contributed by atoms with Gasteiger partial charge in [0, 0.05) is 0 Å². The van der Waals surface area contributed by atoms with Gasteiger partial charge in [-0.25, -0.2) is 4.79 Å². The van der Waals surface area contributed by atoms with Gasteiger partial charge in [-0.3, -0.25) is 0 Å². The summed E-state index contributed by atoms with van der Waals surface area (Å²) in [7, 11) is 0. The molecular formula is C7H4Cl2O4. The molecule has 0 aromatic heterocycles. The van der Waals surface area contributed by atoms with E-state index in [0.29, 0.717) is 0 Å². The van der Waals surface area contributed by atoms with E-state index in [1.165, 1.54) is 12.1 Å². The number of carbonyl (C=O) groups is 1. The number of carboxylic acid groups (broad SMARTS) is 1. The predicted molar refractivity (Wildman–Crippen MR) is 46.8 cm³/mol. The molecular weight excluding hydrogens is 219 g/mol. The average molecular weight is 223 g/mol. The number of aromatic hydroxyl groups is 1. The van der Waals surface area contributed by atoms with Gasteiger partial charge in [0.1, 0.15) is 5.02 Å². The second-order valence-electron chi connectivity index (χ2n) is 2.08. The number of benzene rings is 1. The molecule has 13 heavy (non-hydrogen) atoms. The van der Waals surface area contributed by atoms with Crippen LogP contribution in [0.25, 0.3) is 0 Å². The van der Waals surface area contributed by atoms with Crippen LogP contribution in [-0.2, 0) is 0 Å². The number of ether oxygens (including phenoxy) is 1. The second kappa shape index (κ2) is 3.72. The third kappa shape index (κ3) is 2.17. The van der Waals surface area contributed by atoms with E-state index in [9.17, 15) is 9.90 Å². The van der Waals surface area contributed by atoms with Crippen LogP contribution >= 0.6 is 23.2 Å². The van der Waals surface area contributed by atoms with Gasteiger partial charge in [-0.15, -0.1) is 0 Å². The van der Waals surface area contributed by atoms with Crippen molar-refractivity contribution in [3.8, 4) is 11.5 Å². The first kappa shape index (κ1) is 9.95. The summed E-state index contributed by atoms with van der Waals surface area (Å²) < 4.78 is 4.20. The molecule has 2 N–H and O–H groups in total. The van der Waals surface area contributed by atoms with Gasteiger partial charge in [0.05, 0.1) is 5.02 Å². The normalized spacial score (nSPS) is 9.69. The molecule has 0 radical (unpaired) electrons. The maximum absolute atomic E-state index is 10.1. The Hall–Kier alpha value is -1.13. The lowest BCUT2D eigenvalue weighted by molar-refractivity contribution is 0.143. The van der Waals surface area contributed by atoms with Crippen molar-refractivity contribution in [2.24, 2.45) is 0 Å². The summed E-state index contributed by atoms with van der Waals surface area (Å²) in [6.07, 6.45) is -1.53. The summed E-state index contributed by atoms with van der Waals surface area (Å²) in [6, 6.07) is 2.53. The largest absolute Gasteiger partial charge is 0.511 e. The molecule has 4 nitrogen and oxygen atoms in total. The van der Waals surface area contributed by atoms with Crippen molar-refractivity contribution < 1.29 is 19.7 Å². The van der Waals surface area contributed by atoms with E-state index >= 15 is 0 Å². The first-order valence-corrected chi connectivity index (χ1v) is 3.85. The Balaban J connectivity index is 3.10. The smallest absolute Gasteiger partial charge is 0.503 e. The number of phenolic OH excluding ortho intramolecular Hbond substituents is 1. The first-order chi connectivity index (χ1) is 6.02. The van der Waals surface area contributed by atoms with E-state index in [0.717, 1.165) is 0 Å². The molecule has 0 aliphatic rings. The lowest BCUT2D eigenvalue weighted by Crippen LogP contribution is -2.03. The molecule has 0 fully saturated rings. The fraction of sp³-hybridized carbons (Fsp3) is 0. The van der Waals surface area contributed by atoms with Gasteiger partial charge in [-0.1, -0.05) is 23.2 Å². The predicted octanol–water partition coefficient (Wildman–Crippen LogP) is 2.76. The Labute approximate surface area is 83.3 Å². The molecule has 1 rings (SSSR count). The number of phenols is 1. The number of rotatable bonds is 1. The molecule has 1 aromatic rings. The summed E-state index contributed by atoms with van der Waals surface area (Å²) in [6.45, 7) is 0. The molecule has 0 saturated heterocycles. The molecule has 0 unspecified atom stereocenters. The van der Waals surface area contributed by atoms with Crippen LogP contribution in [0.15, 0.2) is 12.1 Å². The second-order valence-corrected chi connectivity index (χ2v) is 2.86. The standard InChI is InChI=1S/C7H4Cl2O4/c8-3-1-2-4(13-7(11)12)6(10)5(3)9/h1-2,10H,(H,11,12). The van der Waals surface area contributed by atoms with Crippen molar-refractivity contribution in [2.45, 2.75) is 0 Å². The maximum atomic E-state index is 10.1. The van der Waals surface area contributed by atoms with Gasteiger partial charge in [-0.2, -0.15) is 0 Å². The zero-order chi connectivity index (χ0) is 10.0. The third-order valence-electron chi connectivity index (χ3n) is 1.23. The Morgan fingerprint density at radius 1 is 1.38 bits per heavy atom. The molecule has 0 heterocycles. The highest BCUT2D eigenvalue weighted by Gasteiger charge is 2.12. The Morgan fingerprint density at radius 2 is 2.00 bits per heavy atom. The Morgan fingerprint density at radius 3 is 2.54 bits per heavy atom. The number of halogens is 2. The summed E-state index contributed by atoms with van der Waals surface area (Å²) in [5, 5.41) is 17.4. The van der Waals surface area contributed by atoms with Crippen LogP contribution in [0, 0.1) is 0 Å². The maximum Gasteiger partial charge on any atom is 0.511 e. The van der Waals surface area contributed by atoms with Crippen LogP contribution in [0.5, 0.6) is 11.5 Å². The van der Waals surface area contributed by atoms with Crippen molar-refractivity contribution in [3.05, 3.63) is 22.2 Å². The quantitative estimate of drug-likeness (QED) is 0.567. The van der Waals surface area contributed by atoms with Crippen LogP contribution in [0.4, 0.5) is 4.79 Å². The van der Waals surface area contributed by atoms with Crippen molar-refractivity contribution in [1.29, 1.82) is 0 Å². The minimum Gasteiger partial charge on any atom is -0.503 e. The SMILES string of the molecule is O=C(O)Oc1ccc(Cl)c(Cl)c1O.